The summed E-state index contributed by atoms with van der Waals surface area (Å²) in [5.41, 5.74) is 1.52. The molecule has 3 amide bonds. The van der Waals surface area contributed by atoms with E-state index in [1.54, 1.807) is 4.90 Å². The monoisotopic (exact) mass is 762 g/mol. The van der Waals surface area contributed by atoms with Crippen LogP contribution in [-0.2, 0) is 29.3 Å². The van der Waals surface area contributed by atoms with Gasteiger partial charge in [-0.3, -0.25) is 14.5 Å². The number of amides is 3. The van der Waals surface area contributed by atoms with E-state index < -0.39 is 28.8 Å². The summed E-state index contributed by atoms with van der Waals surface area (Å²) in [4.78, 5) is 60.3. The standard InChI is InChI=1S/C46H58N4O6/c1-44(2,3)55-38-27-39(49-26-24-34(32-51)41(49)42(53)47-29-33-17-16-25-48(30-33)43(54)56-45(4,5)6)50(31-38)40(52)28-46(35-18-10-7-11-19-35,36-20-12-8-13-21-36)37-22-14-9-15-23-37/h7-15,18-23,33,38-39,41H,16-17,24-31H2,1-6H3,(H,47,53)/t33-,38-,39+,41-/m1/s1. The van der Waals surface area contributed by atoms with Crippen LogP contribution in [0.25, 0.3) is 0 Å². The Morgan fingerprint density at radius 3 is 1.88 bits per heavy atom. The molecule has 3 aliphatic heterocycles. The molecule has 3 heterocycles. The molecule has 10 nitrogen and oxygen atoms in total. The molecule has 0 saturated carbocycles. The Kier molecular flexibility index (Phi) is 12.5. The van der Waals surface area contributed by atoms with E-state index >= 15 is 4.79 Å². The molecule has 3 aliphatic rings. The number of ether oxygens (including phenoxy) is 2. The van der Waals surface area contributed by atoms with Gasteiger partial charge in [-0.25, -0.2) is 9.59 Å². The van der Waals surface area contributed by atoms with Crippen molar-refractivity contribution in [1.29, 1.82) is 0 Å². The molecule has 56 heavy (non-hydrogen) atoms. The molecule has 0 unspecified atom stereocenters. The number of carbonyl (C=O) groups excluding carboxylic acids is 4. The van der Waals surface area contributed by atoms with Gasteiger partial charge in [0.2, 0.25) is 11.8 Å². The predicted octanol–water partition coefficient (Wildman–Crippen LogP) is 6.75. The van der Waals surface area contributed by atoms with Crippen molar-refractivity contribution >= 4 is 23.8 Å². The number of hydrogen-bond acceptors (Lipinski definition) is 7. The van der Waals surface area contributed by atoms with Gasteiger partial charge in [0, 0.05) is 51.1 Å². The van der Waals surface area contributed by atoms with Gasteiger partial charge in [-0.15, -0.1) is 0 Å². The number of hydrogen-bond donors (Lipinski definition) is 1. The van der Waals surface area contributed by atoms with Gasteiger partial charge in [-0.1, -0.05) is 91.0 Å². The first kappa shape index (κ1) is 40.9. The molecule has 10 heteroatoms. The summed E-state index contributed by atoms with van der Waals surface area (Å²) in [6.45, 7) is 13.8. The highest BCUT2D eigenvalue weighted by Crippen LogP contribution is 2.44. The lowest BCUT2D eigenvalue weighted by Crippen LogP contribution is -2.55. The first-order valence-corrected chi connectivity index (χ1v) is 20.1. The lowest BCUT2D eigenvalue weighted by atomic mass is 9.67. The molecule has 3 aromatic rings. The number of nitrogens with zero attached hydrogens (tertiary/aromatic N) is 3. The lowest BCUT2D eigenvalue weighted by Gasteiger charge is -2.40. The minimum atomic E-state index is -0.881. The van der Waals surface area contributed by atoms with Gasteiger partial charge in [0.05, 0.1) is 23.3 Å². The molecule has 0 aliphatic carbocycles. The summed E-state index contributed by atoms with van der Waals surface area (Å²) >= 11 is 0. The molecular weight excluding hydrogens is 705 g/mol. The maximum atomic E-state index is 15.2. The molecule has 6 rings (SSSR count). The number of piperidine rings is 1. The summed E-state index contributed by atoms with van der Waals surface area (Å²) in [7, 11) is 0. The zero-order valence-corrected chi connectivity index (χ0v) is 33.8. The highest BCUT2D eigenvalue weighted by Gasteiger charge is 2.49. The third-order valence-electron chi connectivity index (χ3n) is 11.1. The van der Waals surface area contributed by atoms with Crippen LogP contribution < -0.4 is 5.32 Å². The average molecular weight is 763 g/mol. The Balaban J connectivity index is 1.29. The smallest absolute Gasteiger partial charge is 0.410 e. The number of carbonyl (C=O) groups is 3. The predicted molar refractivity (Wildman–Crippen MR) is 216 cm³/mol. The molecular formula is C46H58N4O6. The fraction of sp³-hybridized carbons (Fsp3) is 0.500. The topological polar surface area (TPSA) is 108 Å². The zero-order chi connectivity index (χ0) is 40.1. The van der Waals surface area contributed by atoms with Crippen LogP contribution in [0.4, 0.5) is 4.79 Å². The van der Waals surface area contributed by atoms with Gasteiger partial charge >= 0.3 is 6.09 Å². The van der Waals surface area contributed by atoms with E-state index in [-0.39, 0.29) is 36.4 Å². The van der Waals surface area contributed by atoms with E-state index in [4.69, 9.17) is 9.47 Å². The fourth-order valence-electron chi connectivity index (χ4n) is 8.77. The summed E-state index contributed by atoms with van der Waals surface area (Å²) in [5, 5.41) is 3.12. The van der Waals surface area contributed by atoms with Crippen LogP contribution in [-0.4, -0.2) is 101 Å². The van der Waals surface area contributed by atoms with Crippen molar-refractivity contribution in [2.24, 2.45) is 5.92 Å². The van der Waals surface area contributed by atoms with E-state index in [2.05, 4.69) is 47.7 Å². The minimum Gasteiger partial charge on any atom is -0.444 e. The van der Waals surface area contributed by atoms with Crippen LogP contribution in [0.3, 0.4) is 0 Å². The van der Waals surface area contributed by atoms with Crippen LogP contribution in [0.15, 0.2) is 96.6 Å². The maximum Gasteiger partial charge on any atom is 0.410 e. The third-order valence-corrected chi connectivity index (χ3v) is 11.1. The normalized spacial score (nSPS) is 22.1. The van der Waals surface area contributed by atoms with Gasteiger partial charge in [0.15, 0.2) is 0 Å². The first-order valence-electron chi connectivity index (χ1n) is 20.1. The van der Waals surface area contributed by atoms with Crippen LogP contribution in [0.1, 0.15) is 90.3 Å². The van der Waals surface area contributed by atoms with Gasteiger partial charge in [-0.05, 0) is 83.4 Å². The highest BCUT2D eigenvalue weighted by molar-refractivity contribution is 5.88. The summed E-state index contributed by atoms with van der Waals surface area (Å²) in [6.07, 6.45) is 1.54. The SMILES string of the molecule is CC(C)(C)OC(=O)N1CCC[C@H](CNC(=O)[C@H]2C(=C=O)CCN2[C@@H]2C[C@@H](OC(C)(C)C)CN2C(=O)CC(c2ccccc2)(c2ccccc2)c2ccccc2)C1. The van der Waals surface area contributed by atoms with E-state index in [1.807, 2.05) is 106 Å². The number of nitrogens with one attached hydrogen (secondary N) is 1. The van der Waals surface area contributed by atoms with Gasteiger partial charge < -0.3 is 24.6 Å². The number of likely N-dealkylation sites (tertiary alicyclic amines) is 3. The zero-order valence-electron chi connectivity index (χ0n) is 33.8. The first-order chi connectivity index (χ1) is 26.7. The Bertz CT molecular complexity index is 1770. The molecule has 1 N–H and O–H groups in total. The third kappa shape index (κ3) is 9.43. The second kappa shape index (κ2) is 17.2. The Morgan fingerprint density at radius 1 is 0.786 bits per heavy atom. The largest absolute Gasteiger partial charge is 0.444 e. The lowest BCUT2D eigenvalue weighted by molar-refractivity contribution is -0.139. The Morgan fingerprint density at radius 2 is 1.36 bits per heavy atom. The van der Waals surface area contributed by atoms with Gasteiger partial charge in [0.25, 0.3) is 0 Å². The van der Waals surface area contributed by atoms with Crippen molar-refractivity contribution in [3.05, 3.63) is 113 Å². The van der Waals surface area contributed by atoms with Crippen molar-refractivity contribution in [3.8, 4) is 0 Å². The van der Waals surface area contributed by atoms with E-state index in [1.165, 1.54) is 0 Å². The molecule has 3 fully saturated rings. The summed E-state index contributed by atoms with van der Waals surface area (Å²) in [5.74, 6) is 1.76. The Labute approximate surface area is 332 Å². The second-order valence-electron chi connectivity index (χ2n) is 17.5. The quantitative estimate of drug-likeness (QED) is 0.180. The van der Waals surface area contributed by atoms with Crippen LogP contribution in [0.5, 0.6) is 0 Å². The Hall–Kier alpha value is -4.76. The second-order valence-corrected chi connectivity index (χ2v) is 17.5. The van der Waals surface area contributed by atoms with E-state index in [9.17, 15) is 14.4 Å². The molecule has 3 saturated heterocycles. The van der Waals surface area contributed by atoms with Crippen molar-refractivity contribution in [3.63, 3.8) is 0 Å². The van der Waals surface area contributed by atoms with Crippen molar-refractivity contribution in [1.82, 2.24) is 20.0 Å². The van der Waals surface area contributed by atoms with Crippen molar-refractivity contribution < 1.29 is 28.7 Å². The fourth-order valence-corrected chi connectivity index (χ4v) is 8.77. The van der Waals surface area contributed by atoms with Crippen LogP contribution in [0, 0.1) is 5.92 Å². The van der Waals surface area contributed by atoms with Gasteiger partial charge in [0.1, 0.15) is 17.6 Å². The number of rotatable bonds is 10. The molecule has 3 aromatic carbocycles. The van der Waals surface area contributed by atoms with Gasteiger partial charge in [-0.2, -0.15) is 0 Å². The van der Waals surface area contributed by atoms with Crippen molar-refractivity contribution in [2.45, 2.75) is 109 Å². The summed E-state index contributed by atoms with van der Waals surface area (Å²) < 4.78 is 12.2. The van der Waals surface area contributed by atoms with Crippen LogP contribution >= 0.6 is 0 Å². The average Bonchev–Trinajstić information content (AvgIpc) is 3.80. The van der Waals surface area contributed by atoms with Crippen molar-refractivity contribution in [2.75, 3.05) is 32.7 Å². The molecule has 298 valence electrons. The summed E-state index contributed by atoms with van der Waals surface area (Å²) in [6, 6.07) is 29.6. The minimum absolute atomic E-state index is 0.0370. The van der Waals surface area contributed by atoms with E-state index in [0.717, 1.165) is 29.5 Å². The molecule has 0 spiro atoms. The molecule has 0 bridgehead atoms. The van der Waals surface area contributed by atoms with Crippen LogP contribution in [0.2, 0.25) is 0 Å². The highest BCUT2D eigenvalue weighted by atomic mass is 16.6. The van der Waals surface area contributed by atoms with E-state index in [0.29, 0.717) is 51.1 Å². The maximum absolute atomic E-state index is 15.2. The molecule has 0 aromatic heterocycles. The molecule has 0 radical (unpaired) electrons. The number of benzene rings is 3. The molecule has 4 atom stereocenters.